The number of hydrogen-bond acceptors (Lipinski definition) is 3. The van der Waals surface area contributed by atoms with Gasteiger partial charge in [0, 0.05) is 31.7 Å². The second-order valence-electron chi connectivity index (χ2n) is 4.32. The van der Waals surface area contributed by atoms with Gasteiger partial charge in [-0.3, -0.25) is 0 Å². The molecule has 1 fully saturated rings. The third-order valence-electron chi connectivity index (χ3n) is 3.08. The topological polar surface area (TPSA) is 32.5 Å². The summed E-state index contributed by atoms with van der Waals surface area (Å²) in [5.41, 5.74) is 7.47. The number of nitrogens with two attached hydrogens (primary N) is 1. The predicted molar refractivity (Wildman–Crippen MR) is 77.0 cm³/mol. The van der Waals surface area contributed by atoms with E-state index in [2.05, 4.69) is 16.8 Å². The van der Waals surface area contributed by atoms with E-state index in [-0.39, 0.29) is 0 Å². The van der Waals surface area contributed by atoms with Crippen molar-refractivity contribution in [2.45, 2.75) is 0 Å². The Morgan fingerprint density at radius 2 is 1.94 bits per heavy atom. The Balaban J connectivity index is 2.19. The van der Waals surface area contributed by atoms with E-state index in [9.17, 15) is 0 Å². The SMILES string of the molecule is CN1CCN(c2ccc(C(N)=S)cc2Cl)CC1. The van der Waals surface area contributed by atoms with Gasteiger partial charge in [-0.05, 0) is 25.2 Å². The Hall–Kier alpha value is -0.840. The van der Waals surface area contributed by atoms with Crippen molar-refractivity contribution in [1.82, 2.24) is 4.90 Å². The first kappa shape index (κ1) is 12.6. The molecule has 1 saturated heterocycles. The van der Waals surface area contributed by atoms with Crippen LogP contribution in [0.1, 0.15) is 5.56 Å². The lowest BCUT2D eigenvalue weighted by Crippen LogP contribution is -2.44. The molecule has 1 aromatic rings. The van der Waals surface area contributed by atoms with Crippen LogP contribution < -0.4 is 10.6 Å². The molecule has 2 rings (SSSR count). The molecular weight excluding hydrogens is 254 g/mol. The van der Waals surface area contributed by atoms with E-state index in [1.165, 1.54) is 0 Å². The van der Waals surface area contributed by atoms with Crippen LogP contribution >= 0.6 is 23.8 Å². The van der Waals surface area contributed by atoms with Crippen LogP contribution in [0, 0.1) is 0 Å². The number of likely N-dealkylation sites (N-methyl/N-ethyl adjacent to an activating group) is 1. The quantitative estimate of drug-likeness (QED) is 0.829. The Morgan fingerprint density at radius 1 is 1.29 bits per heavy atom. The van der Waals surface area contributed by atoms with Gasteiger partial charge in [-0.15, -0.1) is 0 Å². The number of benzene rings is 1. The first-order chi connectivity index (χ1) is 8.08. The number of thiocarbonyl (C=S) groups is 1. The largest absolute Gasteiger partial charge is 0.389 e. The van der Waals surface area contributed by atoms with Gasteiger partial charge < -0.3 is 15.5 Å². The summed E-state index contributed by atoms with van der Waals surface area (Å²) in [6.45, 7) is 4.13. The maximum atomic E-state index is 6.27. The molecular formula is C12H16ClN3S. The highest BCUT2D eigenvalue weighted by Gasteiger charge is 2.16. The summed E-state index contributed by atoms with van der Waals surface area (Å²) in [6.07, 6.45) is 0. The van der Waals surface area contributed by atoms with Gasteiger partial charge in [-0.2, -0.15) is 0 Å². The van der Waals surface area contributed by atoms with Crippen LogP contribution in [0.25, 0.3) is 0 Å². The fourth-order valence-electron chi connectivity index (χ4n) is 1.96. The predicted octanol–water partition coefficient (Wildman–Crippen LogP) is 1.73. The fraction of sp³-hybridized carbons (Fsp3) is 0.417. The molecule has 17 heavy (non-hydrogen) atoms. The van der Waals surface area contributed by atoms with Gasteiger partial charge in [-0.25, -0.2) is 0 Å². The van der Waals surface area contributed by atoms with Crippen LogP contribution in [0.4, 0.5) is 5.69 Å². The van der Waals surface area contributed by atoms with Crippen LogP contribution in [0.15, 0.2) is 18.2 Å². The number of rotatable bonds is 2. The van der Waals surface area contributed by atoms with E-state index in [1.54, 1.807) is 0 Å². The maximum Gasteiger partial charge on any atom is 0.104 e. The molecule has 0 unspecified atom stereocenters. The van der Waals surface area contributed by atoms with Crippen molar-refractivity contribution in [3.05, 3.63) is 28.8 Å². The van der Waals surface area contributed by atoms with E-state index in [0.29, 0.717) is 4.99 Å². The standard InChI is InChI=1S/C12H16ClN3S/c1-15-4-6-16(7-5-15)11-3-2-9(12(14)17)8-10(11)13/h2-3,8H,4-7H2,1H3,(H2,14,17). The Morgan fingerprint density at radius 3 is 2.47 bits per heavy atom. The molecule has 0 amide bonds. The number of anilines is 1. The van der Waals surface area contributed by atoms with Crippen molar-refractivity contribution in [2.24, 2.45) is 5.73 Å². The zero-order chi connectivity index (χ0) is 12.4. The average molecular weight is 270 g/mol. The fourth-order valence-corrected chi connectivity index (χ4v) is 2.39. The second kappa shape index (κ2) is 5.21. The van der Waals surface area contributed by atoms with Crippen molar-refractivity contribution < 1.29 is 0 Å². The van der Waals surface area contributed by atoms with Gasteiger partial charge in [0.1, 0.15) is 4.99 Å². The molecule has 1 aromatic carbocycles. The van der Waals surface area contributed by atoms with E-state index in [1.807, 2.05) is 18.2 Å². The molecule has 92 valence electrons. The molecule has 0 bridgehead atoms. The molecule has 3 nitrogen and oxygen atoms in total. The summed E-state index contributed by atoms with van der Waals surface area (Å²) in [5.74, 6) is 0. The molecule has 1 aliphatic rings. The molecule has 0 atom stereocenters. The average Bonchev–Trinajstić information content (AvgIpc) is 2.30. The van der Waals surface area contributed by atoms with E-state index in [0.717, 1.165) is 42.5 Å². The number of hydrogen-bond donors (Lipinski definition) is 1. The van der Waals surface area contributed by atoms with Gasteiger partial charge in [0.15, 0.2) is 0 Å². The lowest BCUT2D eigenvalue weighted by Gasteiger charge is -2.34. The Kier molecular flexibility index (Phi) is 3.86. The normalized spacial score (nSPS) is 17.2. The van der Waals surface area contributed by atoms with Gasteiger partial charge in [0.2, 0.25) is 0 Å². The first-order valence-electron chi connectivity index (χ1n) is 5.61. The highest BCUT2D eigenvalue weighted by molar-refractivity contribution is 7.80. The molecule has 5 heteroatoms. The van der Waals surface area contributed by atoms with E-state index >= 15 is 0 Å². The summed E-state index contributed by atoms with van der Waals surface area (Å²) >= 11 is 11.2. The summed E-state index contributed by atoms with van der Waals surface area (Å²) in [5, 5.41) is 0.722. The van der Waals surface area contributed by atoms with Crippen LogP contribution in [0.2, 0.25) is 5.02 Å². The van der Waals surface area contributed by atoms with Crippen molar-refractivity contribution in [2.75, 3.05) is 38.1 Å². The van der Waals surface area contributed by atoms with Gasteiger partial charge in [-0.1, -0.05) is 23.8 Å². The molecule has 1 aliphatic heterocycles. The maximum absolute atomic E-state index is 6.27. The molecule has 0 aromatic heterocycles. The Labute approximate surface area is 112 Å². The minimum Gasteiger partial charge on any atom is -0.389 e. The lowest BCUT2D eigenvalue weighted by atomic mass is 10.2. The highest BCUT2D eigenvalue weighted by atomic mass is 35.5. The van der Waals surface area contributed by atoms with Crippen molar-refractivity contribution in [3.8, 4) is 0 Å². The third kappa shape index (κ3) is 2.89. The molecule has 0 spiro atoms. The number of piperazine rings is 1. The van der Waals surface area contributed by atoms with Crippen molar-refractivity contribution in [3.63, 3.8) is 0 Å². The minimum absolute atomic E-state index is 0.386. The molecule has 2 N–H and O–H groups in total. The smallest absolute Gasteiger partial charge is 0.104 e. The van der Waals surface area contributed by atoms with Crippen molar-refractivity contribution >= 4 is 34.5 Å². The van der Waals surface area contributed by atoms with Crippen LogP contribution in [-0.4, -0.2) is 43.1 Å². The first-order valence-corrected chi connectivity index (χ1v) is 6.39. The second-order valence-corrected chi connectivity index (χ2v) is 5.17. The summed E-state index contributed by atoms with van der Waals surface area (Å²) in [6, 6.07) is 5.78. The van der Waals surface area contributed by atoms with E-state index < -0.39 is 0 Å². The summed E-state index contributed by atoms with van der Waals surface area (Å²) in [7, 11) is 2.13. The monoisotopic (exact) mass is 269 g/mol. The van der Waals surface area contributed by atoms with Crippen LogP contribution in [-0.2, 0) is 0 Å². The highest BCUT2D eigenvalue weighted by Crippen LogP contribution is 2.27. The molecule has 1 heterocycles. The van der Waals surface area contributed by atoms with Crippen LogP contribution in [0.5, 0.6) is 0 Å². The summed E-state index contributed by atoms with van der Waals surface area (Å²) in [4.78, 5) is 5.00. The molecule has 0 radical (unpaired) electrons. The van der Waals surface area contributed by atoms with Crippen LogP contribution in [0.3, 0.4) is 0 Å². The Bertz CT molecular complexity index is 428. The number of halogens is 1. The van der Waals surface area contributed by atoms with E-state index in [4.69, 9.17) is 29.6 Å². The van der Waals surface area contributed by atoms with Gasteiger partial charge in [0.05, 0.1) is 10.7 Å². The minimum atomic E-state index is 0.386. The zero-order valence-electron chi connectivity index (χ0n) is 9.82. The third-order valence-corrected chi connectivity index (χ3v) is 3.61. The van der Waals surface area contributed by atoms with Gasteiger partial charge >= 0.3 is 0 Å². The number of nitrogens with zero attached hydrogens (tertiary/aromatic N) is 2. The molecule has 0 saturated carbocycles. The molecule has 0 aliphatic carbocycles. The van der Waals surface area contributed by atoms with Gasteiger partial charge in [0.25, 0.3) is 0 Å². The lowest BCUT2D eigenvalue weighted by molar-refractivity contribution is 0.313. The summed E-state index contributed by atoms with van der Waals surface area (Å²) < 4.78 is 0. The zero-order valence-corrected chi connectivity index (χ0v) is 11.4. The van der Waals surface area contributed by atoms with Crippen molar-refractivity contribution in [1.29, 1.82) is 0 Å².